The van der Waals surface area contributed by atoms with Crippen LogP contribution in [-0.4, -0.2) is 6.08 Å². The highest BCUT2D eigenvalue weighted by atomic mass is 35.5. The van der Waals surface area contributed by atoms with E-state index < -0.39 is 0 Å². The number of alkyl halides is 1. The lowest BCUT2D eigenvalue weighted by molar-refractivity contribution is 0.565. The number of benzene rings is 1. The number of aliphatic imine (C=N–C) groups is 1. The third-order valence-corrected chi connectivity index (χ3v) is 1.87. The Morgan fingerprint density at radius 3 is 2.83 bits per heavy atom. The van der Waals surface area contributed by atoms with Crippen LogP contribution >= 0.6 is 23.2 Å². The maximum atomic E-state index is 9.96. The van der Waals surface area contributed by atoms with Crippen molar-refractivity contribution < 1.29 is 4.79 Å². The van der Waals surface area contributed by atoms with Crippen molar-refractivity contribution in [3.63, 3.8) is 0 Å². The van der Waals surface area contributed by atoms with Gasteiger partial charge in [-0.25, -0.2) is 4.79 Å². The molecule has 0 aliphatic carbocycles. The first-order chi connectivity index (χ1) is 5.77. The number of isocyanates is 1. The molecule has 0 aliphatic heterocycles. The zero-order valence-electron chi connectivity index (χ0n) is 6.05. The van der Waals surface area contributed by atoms with E-state index in [-0.39, 0.29) is 5.88 Å². The van der Waals surface area contributed by atoms with Crippen molar-refractivity contribution in [2.45, 2.75) is 5.88 Å². The fourth-order valence-corrected chi connectivity index (χ4v) is 1.23. The topological polar surface area (TPSA) is 29.4 Å². The summed E-state index contributed by atoms with van der Waals surface area (Å²) in [5, 5.41) is 0.579. The average molecular weight is 202 g/mol. The van der Waals surface area contributed by atoms with E-state index in [4.69, 9.17) is 23.2 Å². The molecule has 1 aromatic carbocycles. The van der Waals surface area contributed by atoms with Crippen molar-refractivity contribution in [2.75, 3.05) is 0 Å². The van der Waals surface area contributed by atoms with Gasteiger partial charge in [0.15, 0.2) is 0 Å². The van der Waals surface area contributed by atoms with Gasteiger partial charge in [0.05, 0.1) is 5.69 Å². The van der Waals surface area contributed by atoms with Gasteiger partial charge >= 0.3 is 0 Å². The molecule has 0 aliphatic rings. The predicted molar refractivity (Wildman–Crippen MR) is 48.8 cm³/mol. The van der Waals surface area contributed by atoms with E-state index >= 15 is 0 Å². The van der Waals surface area contributed by atoms with E-state index in [9.17, 15) is 4.79 Å². The summed E-state index contributed by atoms with van der Waals surface area (Å²) in [5.74, 6) is 0.279. The summed E-state index contributed by atoms with van der Waals surface area (Å²) in [6.45, 7) is 0. The standard InChI is InChI=1S/C8H5Cl2NO/c9-4-6-3-7(10)1-2-8(6)11-5-12/h1-3H,4H2. The molecule has 12 heavy (non-hydrogen) atoms. The quantitative estimate of drug-likeness (QED) is 0.411. The van der Waals surface area contributed by atoms with Gasteiger partial charge in [-0.1, -0.05) is 11.6 Å². The Bertz CT molecular complexity index is 332. The summed E-state index contributed by atoms with van der Waals surface area (Å²) in [6, 6.07) is 4.95. The summed E-state index contributed by atoms with van der Waals surface area (Å²) in [5.41, 5.74) is 1.25. The van der Waals surface area contributed by atoms with Crippen LogP contribution in [0.15, 0.2) is 23.2 Å². The summed E-state index contributed by atoms with van der Waals surface area (Å²) < 4.78 is 0. The summed E-state index contributed by atoms with van der Waals surface area (Å²) in [6.07, 6.45) is 1.45. The molecule has 2 nitrogen and oxygen atoms in total. The van der Waals surface area contributed by atoms with Crippen LogP contribution in [0.2, 0.25) is 5.02 Å². The lowest BCUT2D eigenvalue weighted by atomic mass is 10.2. The molecule has 0 aromatic heterocycles. The molecule has 0 N–H and O–H groups in total. The van der Waals surface area contributed by atoms with Crippen LogP contribution < -0.4 is 0 Å². The molecule has 0 saturated carbocycles. The highest BCUT2D eigenvalue weighted by molar-refractivity contribution is 6.30. The van der Waals surface area contributed by atoms with E-state index in [0.717, 1.165) is 5.56 Å². The zero-order valence-corrected chi connectivity index (χ0v) is 7.56. The van der Waals surface area contributed by atoms with Crippen LogP contribution in [0.25, 0.3) is 0 Å². The molecule has 0 radical (unpaired) electrons. The highest BCUT2D eigenvalue weighted by Crippen LogP contribution is 2.24. The second-order valence-electron chi connectivity index (χ2n) is 2.11. The third-order valence-electron chi connectivity index (χ3n) is 1.35. The van der Waals surface area contributed by atoms with Crippen LogP contribution in [-0.2, 0) is 10.7 Å². The number of carbonyl (C=O) groups excluding carboxylic acids is 1. The van der Waals surface area contributed by atoms with Crippen molar-refractivity contribution in [3.05, 3.63) is 28.8 Å². The first-order valence-corrected chi connectivity index (χ1v) is 4.11. The molecule has 1 rings (SSSR count). The SMILES string of the molecule is O=C=Nc1ccc(Cl)cc1CCl. The maximum absolute atomic E-state index is 9.96. The second kappa shape index (κ2) is 4.27. The minimum absolute atomic E-state index is 0.279. The van der Waals surface area contributed by atoms with Crippen LogP contribution in [0.4, 0.5) is 5.69 Å². The van der Waals surface area contributed by atoms with Gasteiger partial charge in [-0.2, -0.15) is 4.99 Å². The molecule has 0 heterocycles. The molecule has 62 valence electrons. The minimum Gasteiger partial charge on any atom is -0.211 e. The molecule has 1 aromatic rings. The minimum atomic E-state index is 0.279. The molecule has 0 unspecified atom stereocenters. The highest BCUT2D eigenvalue weighted by Gasteiger charge is 2.00. The van der Waals surface area contributed by atoms with Crippen LogP contribution in [0.1, 0.15) is 5.56 Å². The van der Waals surface area contributed by atoms with Crippen molar-refractivity contribution in [1.82, 2.24) is 0 Å². The number of hydrogen-bond acceptors (Lipinski definition) is 2. The summed E-state index contributed by atoms with van der Waals surface area (Å²) in [4.78, 5) is 13.4. The van der Waals surface area contributed by atoms with Gasteiger partial charge in [0.2, 0.25) is 6.08 Å². The first kappa shape index (κ1) is 9.27. The van der Waals surface area contributed by atoms with E-state index in [0.29, 0.717) is 10.7 Å². The number of hydrogen-bond donors (Lipinski definition) is 0. The van der Waals surface area contributed by atoms with Crippen LogP contribution in [0.3, 0.4) is 0 Å². The smallest absolute Gasteiger partial charge is 0.211 e. The van der Waals surface area contributed by atoms with E-state index in [2.05, 4.69) is 4.99 Å². The Morgan fingerprint density at radius 1 is 1.50 bits per heavy atom. The lowest BCUT2D eigenvalue weighted by Gasteiger charge is -1.99. The Kier molecular flexibility index (Phi) is 3.30. The normalized spacial score (nSPS) is 9.17. The molecule has 0 fully saturated rings. The molecule has 0 amide bonds. The van der Waals surface area contributed by atoms with Crippen molar-refractivity contribution >= 4 is 35.0 Å². The van der Waals surface area contributed by atoms with Gasteiger partial charge in [-0.05, 0) is 23.8 Å². The molecule has 0 saturated heterocycles. The molecule has 4 heteroatoms. The van der Waals surface area contributed by atoms with Gasteiger partial charge in [-0.3, -0.25) is 0 Å². The Morgan fingerprint density at radius 2 is 2.25 bits per heavy atom. The lowest BCUT2D eigenvalue weighted by Crippen LogP contribution is -1.78. The Balaban J connectivity index is 3.19. The molecule has 0 spiro atoms. The van der Waals surface area contributed by atoms with Crippen molar-refractivity contribution in [2.24, 2.45) is 4.99 Å². The van der Waals surface area contributed by atoms with E-state index in [1.165, 1.54) is 6.08 Å². The monoisotopic (exact) mass is 201 g/mol. The second-order valence-corrected chi connectivity index (χ2v) is 2.81. The third kappa shape index (κ3) is 2.08. The summed E-state index contributed by atoms with van der Waals surface area (Å²) >= 11 is 11.3. The number of rotatable bonds is 2. The Labute approximate surface area is 79.8 Å². The van der Waals surface area contributed by atoms with Crippen LogP contribution in [0.5, 0.6) is 0 Å². The number of nitrogens with zero attached hydrogens (tertiary/aromatic N) is 1. The van der Waals surface area contributed by atoms with Gasteiger partial charge in [-0.15, -0.1) is 11.6 Å². The fraction of sp³-hybridized carbons (Fsp3) is 0.125. The first-order valence-electron chi connectivity index (χ1n) is 3.20. The van der Waals surface area contributed by atoms with E-state index in [1.54, 1.807) is 18.2 Å². The zero-order chi connectivity index (χ0) is 8.97. The van der Waals surface area contributed by atoms with Gasteiger partial charge < -0.3 is 0 Å². The average Bonchev–Trinajstić information content (AvgIpc) is 2.08. The van der Waals surface area contributed by atoms with Gasteiger partial charge in [0, 0.05) is 10.9 Å². The molecule has 0 bridgehead atoms. The predicted octanol–water partition coefficient (Wildman–Crippen LogP) is 3.05. The largest absolute Gasteiger partial charge is 0.240 e. The van der Waals surface area contributed by atoms with Crippen molar-refractivity contribution in [1.29, 1.82) is 0 Å². The number of halogens is 2. The molecular formula is C8H5Cl2NO. The summed E-state index contributed by atoms with van der Waals surface area (Å²) in [7, 11) is 0. The van der Waals surface area contributed by atoms with Crippen molar-refractivity contribution in [3.8, 4) is 0 Å². The maximum Gasteiger partial charge on any atom is 0.240 e. The molecular weight excluding hydrogens is 197 g/mol. The van der Waals surface area contributed by atoms with Gasteiger partial charge in [0.25, 0.3) is 0 Å². The fourth-order valence-electron chi connectivity index (χ4n) is 0.819. The Hall–Kier alpha value is -0.820. The van der Waals surface area contributed by atoms with Gasteiger partial charge in [0.1, 0.15) is 0 Å². The van der Waals surface area contributed by atoms with Crippen LogP contribution in [0, 0.1) is 0 Å². The van der Waals surface area contributed by atoms with E-state index in [1.807, 2.05) is 0 Å². The molecule has 0 atom stereocenters.